The van der Waals surface area contributed by atoms with E-state index in [1.807, 2.05) is 0 Å². The van der Waals surface area contributed by atoms with E-state index in [2.05, 4.69) is 12.2 Å². The summed E-state index contributed by atoms with van der Waals surface area (Å²) in [5.41, 5.74) is 1.57. The molecule has 132 valence electrons. The minimum absolute atomic E-state index is 0.0227. The minimum atomic E-state index is -0.574. The number of nitrogens with one attached hydrogen (secondary N) is 1. The molecule has 25 heavy (non-hydrogen) atoms. The van der Waals surface area contributed by atoms with Gasteiger partial charge in [0, 0.05) is 19.0 Å². The van der Waals surface area contributed by atoms with Crippen molar-refractivity contribution in [2.75, 3.05) is 19.4 Å². The number of amides is 2. The highest BCUT2D eigenvalue weighted by molar-refractivity contribution is 7.17. The Morgan fingerprint density at radius 3 is 2.68 bits per heavy atom. The van der Waals surface area contributed by atoms with Gasteiger partial charge in [-0.15, -0.1) is 11.3 Å². The van der Waals surface area contributed by atoms with Crippen LogP contribution in [0.25, 0.3) is 0 Å². The summed E-state index contributed by atoms with van der Waals surface area (Å²) in [6.45, 7) is 2.19. The zero-order valence-electron chi connectivity index (χ0n) is 14.6. The van der Waals surface area contributed by atoms with Crippen molar-refractivity contribution in [2.24, 2.45) is 5.92 Å². The maximum Gasteiger partial charge on any atom is 0.259 e. The van der Waals surface area contributed by atoms with E-state index in [1.165, 1.54) is 28.4 Å². The number of anilines is 1. The molecular weight excluding hydrogens is 339 g/mol. The quantitative estimate of drug-likeness (QED) is 0.900. The molecule has 1 N–H and O–H groups in total. The van der Waals surface area contributed by atoms with E-state index < -0.39 is 11.7 Å². The van der Waals surface area contributed by atoms with Crippen molar-refractivity contribution in [3.8, 4) is 0 Å². The first-order valence-corrected chi connectivity index (χ1v) is 9.12. The molecule has 1 aliphatic rings. The van der Waals surface area contributed by atoms with Crippen LogP contribution in [0.4, 0.5) is 9.39 Å². The molecule has 0 spiro atoms. The van der Waals surface area contributed by atoms with Crippen LogP contribution in [0.3, 0.4) is 0 Å². The third-order valence-corrected chi connectivity index (χ3v) is 5.65. The Labute approximate surface area is 150 Å². The maximum atomic E-state index is 13.9. The lowest BCUT2D eigenvalue weighted by Gasteiger charge is -2.19. The molecule has 1 heterocycles. The lowest BCUT2D eigenvalue weighted by atomic mass is 9.88. The summed E-state index contributed by atoms with van der Waals surface area (Å²) in [6.07, 6.45) is 2.76. The molecule has 0 saturated carbocycles. The molecule has 1 aliphatic carbocycles. The number of thiophene rings is 1. The number of carbonyl (C=O) groups excluding carboxylic acids is 2. The molecule has 0 radical (unpaired) electrons. The Morgan fingerprint density at radius 1 is 1.28 bits per heavy atom. The number of fused-ring (bicyclic) bond motifs is 1. The number of rotatable bonds is 3. The van der Waals surface area contributed by atoms with Crippen molar-refractivity contribution >= 4 is 28.2 Å². The van der Waals surface area contributed by atoms with Gasteiger partial charge < -0.3 is 10.2 Å². The third-order valence-electron chi connectivity index (χ3n) is 4.48. The molecule has 1 atom stereocenters. The van der Waals surface area contributed by atoms with Gasteiger partial charge in [-0.25, -0.2) is 4.39 Å². The van der Waals surface area contributed by atoms with E-state index in [1.54, 1.807) is 26.2 Å². The Balaban J connectivity index is 1.99. The summed E-state index contributed by atoms with van der Waals surface area (Å²) in [5.74, 6) is -0.674. The largest absolute Gasteiger partial charge is 0.345 e. The van der Waals surface area contributed by atoms with E-state index in [4.69, 9.17) is 0 Å². The predicted octanol–water partition coefficient (Wildman–Crippen LogP) is 3.97. The van der Waals surface area contributed by atoms with Gasteiger partial charge in [0.2, 0.25) is 0 Å². The van der Waals surface area contributed by atoms with E-state index in [0.717, 1.165) is 29.7 Å². The molecule has 0 aliphatic heterocycles. The molecule has 4 nitrogen and oxygen atoms in total. The van der Waals surface area contributed by atoms with Crippen LogP contribution in [0.1, 0.15) is 44.5 Å². The van der Waals surface area contributed by atoms with Gasteiger partial charge in [-0.1, -0.05) is 19.1 Å². The van der Waals surface area contributed by atoms with Gasteiger partial charge in [0.1, 0.15) is 10.8 Å². The summed E-state index contributed by atoms with van der Waals surface area (Å²) in [5, 5.41) is 3.29. The van der Waals surface area contributed by atoms with Crippen LogP contribution in [0.15, 0.2) is 24.3 Å². The topological polar surface area (TPSA) is 49.4 Å². The van der Waals surface area contributed by atoms with Gasteiger partial charge in [0.05, 0.1) is 11.1 Å². The highest BCUT2D eigenvalue weighted by atomic mass is 32.1. The van der Waals surface area contributed by atoms with Crippen LogP contribution in [0.5, 0.6) is 0 Å². The number of hydrogen-bond donors (Lipinski definition) is 1. The van der Waals surface area contributed by atoms with Gasteiger partial charge in [-0.2, -0.15) is 0 Å². The number of benzene rings is 1. The molecule has 0 bridgehead atoms. The highest BCUT2D eigenvalue weighted by Gasteiger charge is 2.29. The molecule has 0 saturated heterocycles. The van der Waals surface area contributed by atoms with Crippen molar-refractivity contribution in [3.63, 3.8) is 0 Å². The summed E-state index contributed by atoms with van der Waals surface area (Å²) >= 11 is 1.44. The van der Waals surface area contributed by atoms with Gasteiger partial charge in [0.25, 0.3) is 11.8 Å². The second kappa shape index (κ2) is 6.96. The van der Waals surface area contributed by atoms with Gasteiger partial charge in [-0.3, -0.25) is 9.59 Å². The fraction of sp³-hybridized carbons (Fsp3) is 0.368. The molecular formula is C19H21FN2O2S. The smallest absolute Gasteiger partial charge is 0.259 e. The van der Waals surface area contributed by atoms with Crippen LogP contribution in [-0.4, -0.2) is 30.8 Å². The van der Waals surface area contributed by atoms with E-state index in [-0.39, 0.29) is 11.5 Å². The first-order chi connectivity index (χ1) is 11.9. The second-order valence-electron chi connectivity index (χ2n) is 6.69. The summed E-state index contributed by atoms with van der Waals surface area (Å²) in [7, 11) is 3.39. The molecule has 1 aromatic heterocycles. The average Bonchev–Trinajstić information content (AvgIpc) is 2.90. The highest BCUT2D eigenvalue weighted by Crippen LogP contribution is 2.40. The van der Waals surface area contributed by atoms with Crippen molar-refractivity contribution in [3.05, 3.63) is 51.7 Å². The number of carbonyl (C=O) groups is 2. The average molecular weight is 360 g/mol. The van der Waals surface area contributed by atoms with Crippen molar-refractivity contribution in [1.82, 2.24) is 4.90 Å². The Bertz CT molecular complexity index is 829. The SMILES string of the molecule is C[C@H]1CCc2c(sc(NC(=O)c3ccccc3F)c2C(=O)N(C)C)C1. The van der Waals surface area contributed by atoms with Gasteiger partial charge in [0.15, 0.2) is 0 Å². The number of hydrogen-bond acceptors (Lipinski definition) is 3. The standard InChI is InChI=1S/C19H21FN2O2S/c1-11-8-9-13-15(10-11)25-18(16(13)19(24)22(2)3)21-17(23)12-6-4-5-7-14(12)20/h4-7,11H,8-10H2,1-3H3,(H,21,23)/t11-/m0/s1. The minimum Gasteiger partial charge on any atom is -0.345 e. The van der Waals surface area contributed by atoms with Crippen LogP contribution in [0.2, 0.25) is 0 Å². The van der Waals surface area contributed by atoms with Crippen molar-refractivity contribution in [1.29, 1.82) is 0 Å². The molecule has 2 aromatic rings. The van der Waals surface area contributed by atoms with Crippen LogP contribution < -0.4 is 5.32 Å². The first-order valence-electron chi connectivity index (χ1n) is 8.30. The van der Waals surface area contributed by atoms with E-state index in [0.29, 0.717) is 16.5 Å². The monoisotopic (exact) mass is 360 g/mol. The summed E-state index contributed by atoms with van der Waals surface area (Å²) in [6, 6.07) is 5.85. The molecule has 0 unspecified atom stereocenters. The lowest BCUT2D eigenvalue weighted by Crippen LogP contribution is -2.25. The van der Waals surface area contributed by atoms with Gasteiger partial charge in [-0.05, 0) is 42.9 Å². The lowest BCUT2D eigenvalue weighted by molar-refractivity contribution is 0.0827. The van der Waals surface area contributed by atoms with Crippen molar-refractivity contribution in [2.45, 2.75) is 26.2 Å². The van der Waals surface area contributed by atoms with E-state index in [9.17, 15) is 14.0 Å². The molecule has 0 fully saturated rings. The Kier molecular flexibility index (Phi) is 4.90. The summed E-state index contributed by atoms with van der Waals surface area (Å²) in [4.78, 5) is 27.8. The summed E-state index contributed by atoms with van der Waals surface area (Å²) < 4.78 is 13.9. The normalized spacial score (nSPS) is 16.2. The first kappa shape index (κ1) is 17.6. The van der Waals surface area contributed by atoms with Crippen LogP contribution >= 0.6 is 11.3 Å². The number of halogens is 1. The fourth-order valence-electron chi connectivity index (χ4n) is 3.10. The molecule has 1 aromatic carbocycles. The third kappa shape index (κ3) is 3.44. The predicted molar refractivity (Wildman–Crippen MR) is 97.9 cm³/mol. The molecule has 2 amide bonds. The Morgan fingerprint density at radius 2 is 2.00 bits per heavy atom. The van der Waals surface area contributed by atoms with Gasteiger partial charge >= 0.3 is 0 Å². The second-order valence-corrected chi connectivity index (χ2v) is 7.79. The fourth-order valence-corrected chi connectivity index (χ4v) is 4.50. The molecule has 6 heteroatoms. The maximum absolute atomic E-state index is 13.9. The van der Waals surface area contributed by atoms with Crippen molar-refractivity contribution < 1.29 is 14.0 Å². The zero-order valence-corrected chi connectivity index (χ0v) is 15.4. The zero-order chi connectivity index (χ0) is 18.1. The van der Waals surface area contributed by atoms with Crippen LogP contribution in [0, 0.1) is 11.7 Å². The van der Waals surface area contributed by atoms with Crippen LogP contribution in [-0.2, 0) is 12.8 Å². The number of nitrogens with zero attached hydrogens (tertiary/aromatic N) is 1. The molecule has 3 rings (SSSR count). The van der Waals surface area contributed by atoms with E-state index >= 15 is 0 Å². The Hall–Kier alpha value is -2.21.